The molecule has 0 aliphatic carbocycles. The Hall–Kier alpha value is -2.83. The maximum atomic E-state index is 11.1. The molecule has 0 aliphatic rings. The summed E-state index contributed by atoms with van der Waals surface area (Å²) in [4.78, 5) is 8.97. The van der Waals surface area contributed by atoms with Crippen LogP contribution in [0.25, 0.3) is 33.1 Å². The summed E-state index contributed by atoms with van der Waals surface area (Å²) in [5.41, 5.74) is 3.09. The van der Waals surface area contributed by atoms with Crippen LogP contribution in [0.15, 0.2) is 71.8 Å². The fourth-order valence-corrected chi connectivity index (χ4v) is 3.16. The lowest BCUT2D eigenvalue weighted by atomic mass is 10.1. The first-order valence-electron chi connectivity index (χ1n) is 7.25. The Kier molecular flexibility index (Phi) is 3.30. The van der Waals surface area contributed by atoms with Crippen molar-refractivity contribution in [3.8, 4) is 11.3 Å². The molecule has 2 aromatic carbocycles. The molecule has 0 fully saturated rings. The minimum Gasteiger partial charge on any atom is -0.282 e. The standard InChI is InChI=1S/C18H12N2O3S/c21-24(22,23)15-8-5-12(6-9-15)16-10-7-14-4-3-13-2-1-11-19-17(13)18(14)20-16/h1-11H,(H,21,22,23). The quantitative estimate of drug-likeness (QED) is 0.446. The van der Waals surface area contributed by atoms with Gasteiger partial charge in [0.1, 0.15) is 0 Å². The molecule has 24 heavy (non-hydrogen) atoms. The van der Waals surface area contributed by atoms with Gasteiger partial charge in [0.2, 0.25) is 0 Å². The average molecular weight is 336 g/mol. The van der Waals surface area contributed by atoms with Crippen molar-refractivity contribution in [2.24, 2.45) is 0 Å². The Morgan fingerprint density at radius 2 is 1.46 bits per heavy atom. The molecular weight excluding hydrogens is 324 g/mol. The Morgan fingerprint density at radius 1 is 0.792 bits per heavy atom. The van der Waals surface area contributed by atoms with E-state index in [4.69, 9.17) is 9.54 Å². The largest absolute Gasteiger partial charge is 0.294 e. The molecule has 118 valence electrons. The number of benzene rings is 2. The van der Waals surface area contributed by atoms with Crippen molar-refractivity contribution in [3.05, 3.63) is 66.9 Å². The number of rotatable bonds is 2. The first kappa shape index (κ1) is 14.7. The molecule has 5 nitrogen and oxygen atoms in total. The van der Waals surface area contributed by atoms with Crippen molar-refractivity contribution in [3.63, 3.8) is 0 Å². The van der Waals surface area contributed by atoms with Crippen molar-refractivity contribution in [1.82, 2.24) is 9.97 Å². The summed E-state index contributed by atoms with van der Waals surface area (Å²) < 4.78 is 31.3. The van der Waals surface area contributed by atoms with E-state index in [0.29, 0.717) is 5.69 Å². The lowest BCUT2D eigenvalue weighted by molar-refractivity contribution is 0.483. The second-order valence-corrected chi connectivity index (χ2v) is 6.83. The van der Waals surface area contributed by atoms with Gasteiger partial charge in [0.15, 0.2) is 0 Å². The van der Waals surface area contributed by atoms with E-state index in [1.54, 1.807) is 18.3 Å². The topological polar surface area (TPSA) is 80.2 Å². The van der Waals surface area contributed by atoms with Gasteiger partial charge in [0.05, 0.1) is 21.6 Å². The zero-order chi connectivity index (χ0) is 16.7. The second-order valence-electron chi connectivity index (χ2n) is 5.41. The Morgan fingerprint density at radius 3 is 2.17 bits per heavy atom. The van der Waals surface area contributed by atoms with Gasteiger partial charge in [-0.05, 0) is 24.3 Å². The van der Waals surface area contributed by atoms with Crippen LogP contribution in [0.5, 0.6) is 0 Å². The first-order chi connectivity index (χ1) is 11.5. The predicted octanol–water partition coefficient (Wildman–Crippen LogP) is 3.70. The number of nitrogens with zero attached hydrogens (tertiary/aromatic N) is 2. The molecule has 0 spiro atoms. The van der Waals surface area contributed by atoms with E-state index in [9.17, 15) is 8.42 Å². The molecule has 0 bridgehead atoms. The van der Waals surface area contributed by atoms with Crippen LogP contribution in [-0.4, -0.2) is 22.9 Å². The molecule has 0 amide bonds. The molecule has 1 N–H and O–H groups in total. The molecule has 2 aromatic heterocycles. The minimum absolute atomic E-state index is 0.140. The van der Waals surface area contributed by atoms with Gasteiger partial charge in [0.25, 0.3) is 10.1 Å². The minimum atomic E-state index is -4.20. The monoisotopic (exact) mass is 336 g/mol. The van der Waals surface area contributed by atoms with Crippen LogP contribution in [-0.2, 0) is 10.1 Å². The van der Waals surface area contributed by atoms with E-state index in [-0.39, 0.29) is 4.90 Å². The SMILES string of the molecule is O=S(=O)(O)c1ccc(-c2ccc3ccc4cccnc4c3n2)cc1. The molecule has 0 atom stereocenters. The highest BCUT2D eigenvalue weighted by atomic mass is 32.2. The molecule has 0 radical (unpaired) electrons. The summed E-state index contributed by atoms with van der Waals surface area (Å²) in [6.07, 6.45) is 1.73. The lowest BCUT2D eigenvalue weighted by Gasteiger charge is -2.06. The highest BCUT2D eigenvalue weighted by molar-refractivity contribution is 7.85. The molecule has 0 saturated heterocycles. The van der Waals surface area contributed by atoms with E-state index in [1.165, 1.54) is 12.1 Å². The van der Waals surface area contributed by atoms with Crippen LogP contribution in [0.1, 0.15) is 0 Å². The molecule has 4 rings (SSSR count). The number of aromatic nitrogens is 2. The smallest absolute Gasteiger partial charge is 0.282 e. The van der Waals surface area contributed by atoms with Crippen LogP contribution < -0.4 is 0 Å². The second kappa shape index (κ2) is 5.36. The molecule has 0 aliphatic heterocycles. The highest BCUT2D eigenvalue weighted by Gasteiger charge is 2.10. The summed E-state index contributed by atoms with van der Waals surface area (Å²) in [6, 6.07) is 17.7. The van der Waals surface area contributed by atoms with Gasteiger partial charge in [-0.2, -0.15) is 8.42 Å². The van der Waals surface area contributed by atoms with E-state index in [0.717, 1.165) is 27.4 Å². The van der Waals surface area contributed by atoms with Crippen LogP contribution in [0.4, 0.5) is 0 Å². The highest BCUT2D eigenvalue weighted by Crippen LogP contribution is 2.26. The zero-order valence-corrected chi connectivity index (χ0v) is 13.2. The van der Waals surface area contributed by atoms with E-state index in [2.05, 4.69) is 4.98 Å². The Balaban J connectivity index is 1.89. The van der Waals surface area contributed by atoms with E-state index < -0.39 is 10.1 Å². The van der Waals surface area contributed by atoms with Gasteiger partial charge in [0, 0.05) is 22.5 Å². The normalized spacial score (nSPS) is 11.9. The summed E-state index contributed by atoms with van der Waals surface area (Å²) in [5, 5.41) is 2.00. The van der Waals surface area contributed by atoms with Gasteiger partial charge in [-0.25, -0.2) is 4.98 Å². The lowest BCUT2D eigenvalue weighted by Crippen LogP contribution is -1.97. The molecule has 0 saturated carbocycles. The molecule has 6 heteroatoms. The first-order valence-corrected chi connectivity index (χ1v) is 8.69. The summed E-state index contributed by atoms with van der Waals surface area (Å²) >= 11 is 0. The van der Waals surface area contributed by atoms with Gasteiger partial charge in [-0.15, -0.1) is 0 Å². The van der Waals surface area contributed by atoms with E-state index >= 15 is 0 Å². The van der Waals surface area contributed by atoms with Gasteiger partial charge in [-0.1, -0.05) is 36.4 Å². The van der Waals surface area contributed by atoms with E-state index in [1.807, 2.05) is 36.4 Å². The van der Waals surface area contributed by atoms with Crippen molar-refractivity contribution in [2.45, 2.75) is 4.90 Å². The van der Waals surface area contributed by atoms with Crippen LogP contribution in [0, 0.1) is 0 Å². The average Bonchev–Trinajstić information content (AvgIpc) is 2.60. The fourth-order valence-electron chi connectivity index (χ4n) is 2.68. The summed E-state index contributed by atoms with van der Waals surface area (Å²) in [6.45, 7) is 0. The number of fused-ring (bicyclic) bond motifs is 3. The maximum absolute atomic E-state index is 11.1. The molecule has 2 heterocycles. The van der Waals surface area contributed by atoms with Crippen LogP contribution in [0.3, 0.4) is 0 Å². The maximum Gasteiger partial charge on any atom is 0.294 e. The predicted molar refractivity (Wildman–Crippen MR) is 92.3 cm³/mol. The molecule has 4 aromatic rings. The van der Waals surface area contributed by atoms with Crippen molar-refractivity contribution < 1.29 is 13.0 Å². The summed E-state index contributed by atoms with van der Waals surface area (Å²) in [7, 11) is -4.20. The Labute approximate surface area is 138 Å². The molecule has 0 unspecified atom stereocenters. The van der Waals surface area contributed by atoms with Crippen molar-refractivity contribution >= 4 is 31.9 Å². The fraction of sp³-hybridized carbons (Fsp3) is 0. The number of hydrogen-bond donors (Lipinski definition) is 1. The number of hydrogen-bond acceptors (Lipinski definition) is 4. The third-order valence-electron chi connectivity index (χ3n) is 3.88. The van der Waals surface area contributed by atoms with Gasteiger partial charge < -0.3 is 0 Å². The Bertz CT molecular complexity index is 1170. The van der Waals surface area contributed by atoms with Gasteiger partial charge >= 0.3 is 0 Å². The number of pyridine rings is 2. The molecular formula is C18H12N2O3S. The van der Waals surface area contributed by atoms with Crippen LogP contribution in [0.2, 0.25) is 0 Å². The third kappa shape index (κ3) is 2.51. The van der Waals surface area contributed by atoms with Crippen LogP contribution >= 0.6 is 0 Å². The third-order valence-corrected chi connectivity index (χ3v) is 4.75. The van der Waals surface area contributed by atoms with Crippen molar-refractivity contribution in [1.29, 1.82) is 0 Å². The van der Waals surface area contributed by atoms with Crippen molar-refractivity contribution in [2.75, 3.05) is 0 Å². The zero-order valence-electron chi connectivity index (χ0n) is 12.4. The van der Waals surface area contributed by atoms with Gasteiger partial charge in [-0.3, -0.25) is 9.54 Å². The summed E-state index contributed by atoms with van der Waals surface area (Å²) in [5.74, 6) is 0.